The molecule has 0 radical (unpaired) electrons. The number of hydrogen-bond acceptors (Lipinski definition) is 3. The van der Waals surface area contributed by atoms with Crippen molar-refractivity contribution in [2.45, 2.75) is 39.2 Å². The molecule has 1 N–H and O–H groups in total. The van der Waals surface area contributed by atoms with Crippen LogP contribution in [0.1, 0.15) is 32.6 Å². The van der Waals surface area contributed by atoms with Crippen LogP contribution in [0.5, 0.6) is 0 Å². The lowest BCUT2D eigenvalue weighted by Crippen LogP contribution is -2.44. The first-order valence-corrected chi connectivity index (χ1v) is 8.46. The molecule has 2 aromatic rings. The minimum absolute atomic E-state index is 0.0251. The number of aliphatic hydroxyl groups excluding tert-OH is 1. The van der Waals surface area contributed by atoms with Gasteiger partial charge in [-0.1, -0.05) is 19.1 Å². The standard InChI is InChI=1S/C18H25N3O2/c1-2-18(13-22)8-11-20(12-9-18)17(23)7-10-21-14-19-15-5-3-4-6-16(15)21/h3-6,14,22H,2,7-13H2,1H3. The molecule has 0 saturated carbocycles. The minimum Gasteiger partial charge on any atom is -0.396 e. The second-order valence-corrected chi connectivity index (χ2v) is 6.57. The van der Waals surface area contributed by atoms with Crippen LogP contribution >= 0.6 is 0 Å². The quantitative estimate of drug-likeness (QED) is 0.922. The summed E-state index contributed by atoms with van der Waals surface area (Å²) in [4.78, 5) is 18.8. The molecule has 1 aromatic carbocycles. The summed E-state index contributed by atoms with van der Waals surface area (Å²) in [7, 11) is 0. The van der Waals surface area contributed by atoms with Crippen molar-refractivity contribution in [1.29, 1.82) is 0 Å². The fraction of sp³-hybridized carbons (Fsp3) is 0.556. The van der Waals surface area contributed by atoms with Gasteiger partial charge in [0.2, 0.25) is 5.91 Å². The van der Waals surface area contributed by atoms with E-state index >= 15 is 0 Å². The topological polar surface area (TPSA) is 58.4 Å². The van der Waals surface area contributed by atoms with Gasteiger partial charge in [-0.15, -0.1) is 0 Å². The number of fused-ring (bicyclic) bond motifs is 1. The van der Waals surface area contributed by atoms with Crippen LogP contribution < -0.4 is 0 Å². The lowest BCUT2D eigenvalue weighted by Gasteiger charge is -2.40. The maximum atomic E-state index is 12.4. The summed E-state index contributed by atoms with van der Waals surface area (Å²) in [5.74, 6) is 0.199. The monoisotopic (exact) mass is 315 g/mol. The number of imidazole rings is 1. The van der Waals surface area contributed by atoms with Gasteiger partial charge in [0, 0.05) is 32.7 Å². The Kier molecular flexibility index (Phi) is 4.66. The molecular weight excluding hydrogens is 290 g/mol. The average Bonchev–Trinajstić information content (AvgIpc) is 3.03. The van der Waals surface area contributed by atoms with Gasteiger partial charge in [0.05, 0.1) is 17.4 Å². The average molecular weight is 315 g/mol. The maximum absolute atomic E-state index is 12.4. The van der Waals surface area contributed by atoms with Gasteiger partial charge in [-0.05, 0) is 36.8 Å². The van der Waals surface area contributed by atoms with Crippen molar-refractivity contribution < 1.29 is 9.90 Å². The van der Waals surface area contributed by atoms with Crippen molar-refractivity contribution in [2.75, 3.05) is 19.7 Å². The lowest BCUT2D eigenvalue weighted by molar-refractivity contribution is -0.134. The first-order chi connectivity index (χ1) is 11.2. The first-order valence-electron chi connectivity index (χ1n) is 8.46. The molecule has 0 aliphatic carbocycles. The Morgan fingerprint density at radius 2 is 2.04 bits per heavy atom. The van der Waals surface area contributed by atoms with Crippen molar-refractivity contribution in [1.82, 2.24) is 14.5 Å². The molecule has 1 aromatic heterocycles. The second kappa shape index (κ2) is 6.71. The molecule has 0 spiro atoms. The molecule has 1 fully saturated rings. The van der Waals surface area contributed by atoms with E-state index < -0.39 is 0 Å². The van der Waals surface area contributed by atoms with Gasteiger partial charge >= 0.3 is 0 Å². The Bertz CT molecular complexity index is 666. The number of amides is 1. The highest BCUT2D eigenvalue weighted by molar-refractivity contribution is 5.77. The smallest absolute Gasteiger partial charge is 0.224 e. The summed E-state index contributed by atoms with van der Waals surface area (Å²) in [6.07, 6.45) is 5.09. The van der Waals surface area contributed by atoms with E-state index in [9.17, 15) is 9.90 Å². The molecule has 23 heavy (non-hydrogen) atoms. The zero-order valence-corrected chi connectivity index (χ0v) is 13.7. The molecule has 1 aliphatic heterocycles. The van der Waals surface area contributed by atoms with Gasteiger partial charge in [0.1, 0.15) is 0 Å². The number of benzene rings is 1. The predicted molar refractivity (Wildman–Crippen MR) is 90.0 cm³/mol. The van der Waals surface area contributed by atoms with Gasteiger partial charge < -0.3 is 14.6 Å². The largest absolute Gasteiger partial charge is 0.396 e. The number of nitrogens with zero attached hydrogens (tertiary/aromatic N) is 3. The van der Waals surface area contributed by atoms with Crippen molar-refractivity contribution in [3.63, 3.8) is 0 Å². The zero-order valence-electron chi connectivity index (χ0n) is 13.7. The number of hydrogen-bond donors (Lipinski definition) is 1. The Hall–Kier alpha value is -1.88. The highest BCUT2D eigenvalue weighted by Crippen LogP contribution is 2.34. The van der Waals surface area contributed by atoms with Crippen molar-refractivity contribution in [2.24, 2.45) is 5.41 Å². The molecule has 2 heterocycles. The van der Waals surface area contributed by atoms with Crippen LogP contribution in [0.2, 0.25) is 0 Å². The number of aryl methyl sites for hydroxylation is 1. The third-order valence-corrected chi connectivity index (χ3v) is 5.36. The molecule has 1 saturated heterocycles. The van der Waals surface area contributed by atoms with Crippen molar-refractivity contribution in [3.05, 3.63) is 30.6 Å². The number of piperidine rings is 1. The molecule has 5 nitrogen and oxygen atoms in total. The van der Waals surface area contributed by atoms with E-state index in [0.717, 1.165) is 43.4 Å². The molecule has 1 amide bonds. The van der Waals surface area contributed by atoms with Crippen molar-refractivity contribution in [3.8, 4) is 0 Å². The minimum atomic E-state index is 0.0251. The summed E-state index contributed by atoms with van der Waals surface area (Å²) in [6.45, 7) is 4.54. The van der Waals surface area contributed by atoms with Gasteiger partial charge in [0.15, 0.2) is 0 Å². The Labute approximate surface area is 136 Å². The Morgan fingerprint density at radius 3 is 2.74 bits per heavy atom. The third kappa shape index (κ3) is 3.24. The molecule has 0 unspecified atom stereocenters. The van der Waals surface area contributed by atoms with Crippen molar-refractivity contribution >= 4 is 16.9 Å². The fourth-order valence-corrected chi connectivity index (χ4v) is 3.42. The van der Waals surface area contributed by atoms with E-state index in [1.165, 1.54) is 0 Å². The van der Waals surface area contributed by atoms with Gasteiger partial charge in [-0.2, -0.15) is 0 Å². The number of para-hydroxylation sites is 2. The van der Waals surface area contributed by atoms with Crippen LogP contribution in [0.15, 0.2) is 30.6 Å². The Balaban J connectivity index is 1.56. The van der Waals surface area contributed by atoms with Gasteiger partial charge in [0.25, 0.3) is 0 Å². The van der Waals surface area contributed by atoms with Gasteiger partial charge in [-0.3, -0.25) is 4.79 Å². The third-order valence-electron chi connectivity index (χ3n) is 5.36. The molecule has 124 valence electrons. The van der Waals surface area contributed by atoms with E-state index in [1.807, 2.05) is 40.1 Å². The maximum Gasteiger partial charge on any atom is 0.224 e. The molecule has 5 heteroatoms. The van der Waals surface area contributed by atoms with E-state index in [1.54, 1.807) is 0 Å². The number of likely N-dealkylation sites (tertiary alicyclic amines) is 1. The van der Waals surface area contributed by atoms with Crippen LogP contribution in [0.4, 0.5) is 0 Å². The number of aromatic nitrogens is 2. The summed E-state index contributed by atoms with van der Waals surface area (Å²) >= 11 is 0. The van der Waals surface area contributed by atoms with Crippen LogP contribution in [-0.2, 0) is 11.3 Å². The lowest BCUT2D eigenvalue weighted by atomic mass is 9.77. The second-order valence-electron chi connectivity index (χ2n) is 6.57. The predicted octanol–water partition coefficient (Wildman–Crippen LogP) is 2.44. The highest BCUT2D eigenvalue weighted by atomic mass is 16.3. The van der Waals surface area contributed by atoms with E-state index in [0.29, 0.717) is 13.0 Å². The number of rotatable bonds is 5. The van der Waals surface area contributed by atoms with E-state index in [4.69, 9.17) is 0 Å². The zero-order chi connectivity index (χ0) is 16.3. The summed E-state index contributed by atoms with van der Waals surface area (Å²) < 4.78 is 2.04. The summed E-state index contributed by atoms with van der Waals surface area (Å²) in [5, 5.41) is 9.58. The van der Waals surface area contributed by atoms with Crippen LogP contribution in [-0.4, -0.2) is 45.2 Å². The fourth-order valence-electron chi connectivity index (χ4n) is 3.42. The number of carbonyl (C=O) groups is 1. The summed E-state index contributed by atoms with van der Waals surface area (Å²) in [5.41, 5.74) is 2.06. The normalized spacial score (nSPS) is 17.6. The van der Waals surface area contributed by atoms with Gasteiger partial charge in [-0.25, -0.2) is 4.98 Å². The number of carbonyl (C=O) groups excluding carboxylic acids is 1. The van der Waals surface area contributed by atoms with Crippen LogP contribution in [0.25, 0.3) is 11.0 Å². The SMILES string of the molecule is CCC1(CO)CCN(C(=O)CCn2cnc3ccccc32)CC1. The van der Waals surface area contributed by atoms with Crippen LogP contribution in [0, 0.1) is 5.41 Å². The molecule has 0 bridgehead atoms. The summed E-state index contributed by atoms with van der Waals surface area (Å²) in [6, 6.07) is 7.98. The van der Waals surface area contributed by atoms with Crippen LogP contribution in [0.3, 0.4) is 0 Å². The van der Waals surface area contributed by atoms with E-state index in [2.05, 4.69) is 11.9 Å². The Morgan fingerprint density at radius 1 is 1.30 bits per heavy atom. The molecular formula is C18H25N3O2. The molecule has 1 aliphatic rings. The first kappa shape index (κ1) is 16.0. The highest BCUT2D eigenvalue weighted by Gasteiger charge is 2.33. The molecule has 3 rings (SSSR count). The van der Waals surface area contributed by atoms with E-state index in [-0.39, 0.29) is 17.9 Å². The number of aliphatic hydroxyl groups is 1. The molecule has 0 atom stereocenters.